The lowest BCUT2D eigenvalue weighted by atomic mass is 9.97. The highest BCUT2D eigenvalue weighted by molar-refractivity contribution is 6.36. The first-order valence-electron chi connectivity index (χ1n) is 10.6. The third kappa shape index (κ3) is 5.17. The lowest BCUT2D eigenvalue weighted by Gasteiger charge is -2.10. The Balaban J connectivity index is 1.61. The van der Waals surface area contributed by atoms with Crippen LogP contribution >= 0.6 is 23.2 Å². The fourth-order valence-electron chi connectivity index (χ4n) is 3.75. The highest BCUT2D eigenvalue weighted by Crippen LogP contribution is 2.35. The first kappa shape index (κ1) is 25.2. The molecule has 0 spiro atoms. The number of pyridine rings is 1. The Morgan fingerprint density at radius 3 is 2.47 bits per heavy atom. The van der Waals surface area contributed by atoms with Crippen LogP contribution in [-0.2, 0) is 29.0 Å². The summed E-state index contributed by atoms with van der Waals surface area (Å²) in [5, 5.41) is 12.1. The van der Waals surface area contributed by atoms with E-state index in [1.54, 1.807) is 18.2 Å². The van der Waals surface area contributed by atoms with Crippen LogP contribution in [0.2, 0.25) is 10.0 Å². The molecule has 0 saturated heterocycles. The van der Waals surface area contributed by atoms with E-state index in [9.17, 15) is 19.7 Å². The number of halogens is 2. The van der Waals surface area contributed by atoms with Crippen LogP contribution in [0.5, 0.6) is 5.75 Å². The molecule has 0 radical (unpaired) electrons. The van der Waals surface area contributed by atoms with Crippen molar-refractivity contribution in [2.45, 2.75) is 19.4 Å². The molecule has 0 atom stereocenters. The van der Waals surface area contributed by atoms with Crippen LogP contribution in [0.3, 0.4) is 0 Å². The largest absolute Gasteiger partial charge is 0.493 e. The van der Waals surface area contributed by atoms with Crippen LogP contribution in [0.4, 0.5) is 5.69 Å². The molecule has 2 aromatic heterocycles. The Bertz CT molecular complexity index is 1460. The third-order valence-corrected chi connectivity index (χ3v) is 6.13. The summed E-state index contributed by atoms with van der Waals surface area (Å²) in [6.07, 6.45) is 3.81. The van der Waals surface area contributed by atoms with Gasteiger partial charge in [0.2, 0.25) is 0 Å². The van der Waals surface area contributed by atoms with Gasteiger partial charge in [-0.3, -0.25) is 24.7 Å². The molecular formula is C25H18Cl2N2O7. The van der Waals surface area contributed by atoms with Gasteiger partial charge in [0, 0.05) is 47.0 Å². The summed E-state index contributed by atoms with van der Waals surface area (Å²) in [5.41, 5.74) is 1.51. The van der Waals surface area contributed by atoms with Gasteiger partial charge in [-0.15, -0.1) is 0 Å². The lowest BCUT2D eigenvalue weighted by molar-refractivity contribution is -0.385. The number of hydrogen-bond acceptors (Lipinski definition) is 8. The fraction of sp³-hybridized carbons (Fsp3) is 0.160. The molecule has 0 N–H and O–H groups in total. The van der Waals surface area contributed by atoms with Crippen LogP contribution in [0, 0.1) is 10.1 Å². The van der Waals surface area contributed by atoms with Crippen LogP contribution in [0.1, 0.15) is 27.0 Å². The number of Topliss-reactive ketones (excluding diaryl/α,β-unsaturated/α-hetero) is 1. The molecule has 0 aliphatic carbocycles. The SMILES string of the molecule is COc1ccc(C(=O)Cc2c(Cl)cncc2Cl)c2c(CC(=O)OCc3ccccc3[N+](=O)[O-])coc12. The number of fused-ring (bicyclic) bond motifs is 1. The van der Waals surface area contributed by atoms with Crippen molar-refractivity contribution in [3.05, 3.63) is 97.5 Å². The van der Waals surface area contributed by atoms with Gasteiger partial charge >= 0.3 is 5.97 Å². The van der Waals surface area contributed by atoms with Crippen molar-refractivity contribution in [2.75, 3.05) is 7.11 Å². The first-order chi connectivity index (χ1) is 17.3. The minimum absolute atomic E-state index is 0.103. The van der Waals surface area contributed by atoms with Crippen molar-refractivity contribution in [2.24, 2.45) is 0 Å². The van der Waals surface area contributed by atoms with E-state index in [1.807, 2.05) is 0 Å². The number of para-hydroxylation sites is 1. The second-order valence-electron chi connectivity index (χ2n) is 7.69. The van der Waals surface area contributed by atoms with Gasteiger partial charge in [-0.2, -0.15) is 0 Å². The quantitative estimate of drug-likeness (QED) is 0.116. The maximum atomic E-state index is 13.3. The summed E-state index contributed by atoms with van der Waals surface area (Å²) < 4.78 is 16.3. The van der Waals surface area contributed by atoms with Crippen LogP contribution in [0.25, 0.3) is 11.0 Å². The van der Waals surface area contributed by atoms with Crippen LogP contribution in [-0.4, -0.2) is 28.8 Å². The molecule has 0 fully saturated rings. The zero-order chi connectivity index (χ0) is 25.8. The molecule has 11 heteroatoms. The first-order valence-corrected chi connectivity index (χ1v) is 11.3. The molecule has 2 aromatic carbocycles. The van der Waals surface area contributed by atoms with Gasteiger partial charge in [-0.1, -0.05) is 35.3 Å². The van der Waals surface area contributed by atoms with Gasteiger partial charge in [-0.25, -0.2) is 0 Å². The maximum Gasteiger partial charge on any atom is 0.310 e. The van der Waals surface area contributed by atoms with Gasteiger partial charge in [0.1, 0.15) is 6.61 Å². The van der Waals surface area contributed by atoms with E-state index in [4.69, 9.17) is 37.1 Å². The topological polar surface area (TPSA) is 122 Å². The molecule has 0 aliphatic rings. The molecule has 0 saturated carbocycles. The minimum atomic E-state index is -0.655. The number of rotatable bonds is 9. The summed E-state index contributed by atoms with van der Waals surface area (Å²) in [4.78, 5) is 40.5. The molecular weight excluding hydrogens is 511 g/mol. The summed E-state index contributed by atoms with van der Waals surface area (Å²) in [5.74, 6) is -0.591. The number of furan rings is 1. The van der Waals surface area contributed by atoms with E-state index in [-0.39, 0.29) is 57.7 Å². The molecule has 0 amide bonds. The van der Waals surface area contributed by atoms with Crippen molar-refractivity contribution in [3.63, 3.8) is 0 Å². The van der Waals surface area contributed by atoms with Crippen molar-refractivity contribution >= 4 is 51.6 Å². The highest BCUT2D eigenvalue weighted by Gasteiger charge is 2.23. The number of carbonyl (C=O) groups is 2. The summed E-state index contributed by atoms with van der Waals surface area (Å²) in [6, 6.07) is 9.15. The number of methoxy groups -OCH3 is 1. The second kappa shape index (κ2) is 10.8. The number of benzene rings is 2. The molecule has 4 rings (SSSR count). The van der Waals surface area contributed by atoms with Crippen molar-refractivity contribution < 1.29 is 28.4 Å². The monoisotopic (exact) mass is 528 g/mol. The third-order valence-electron chi connectivity index (χ3n) is 5.48. The number of esters is 1. The van der Waals surface area contributed by atoms with Gasteiger partial charge < -0.3 is 13.9 Å². The van der Waals surface area contributed by atoms with E-state index in [0.29, 0.717) is 22.3 Å². The summed E-state index contributed by atoms with van der Waals surface area (Å²) in [7, 11) is 1.45. The van der Waals surface area contributed by atoms with Crippen molar-refractivity contribution in [3.8, 4) is 5.75 Å². The lowest BCUT2D eigenvalue weighted by Crippen LogP contribution is -2.10. The average molecular weight is 529 g/mol. The smallest absolute Gasteiger partial charge is 0.310 e. The molecule has 0 bridgehead atoms. The average Bonchev–Trinajstić information content (AvgIpc) is 3.28. The Morgan fingerprint density at radius 2 is 1.78 bits per heavy atom. The van der Waals surface area contributed by atoms with E-state index < -0.39 is 10.9 Å². The predicted octanol–water partition coefficient (Wildman–Crippen LogP) is 5.76. The van der Waals surface area contributed by atoms with Gasteiger partial charge in [0.05, 0.1) is 40.3 Å². The maximum absolute atomic E-state index is 13.3. The van der Waals surface area contributed by atoms with E-state index >= 15 is 0 Å². The standard InChI is InChI=1S/C25H18Cl2N2O7/c1-34-22-7-6-16(21(30)9-17-18(26)10-28-11-19(17)27)24-15(13-36-25(22)24)8-23(31)35-12-14-4-2-3-5-20(14)29(32)33/h2-7,10-11,13H,8-9,12H2,1H3. The number of nitro groups is 1. The van der Waals surface area contributed by atoms with E-state index in [0.717, 1.165) is 0 Å². The molecule has 0 unspecified atom stereocenters. The number of nitrogens with zero attached hydrogens (tertiary/aromatic N) is 2. The number of nitro benzene ring substituents is 1. The number of ether oxygens (including phenoxy) is 2. The molecule has 9 nitrogen and oxygen atoms in total. The summed E-state index contributed by atoms with van der Waals surface area (Å²) in [6.45, 7) is -0.278. The van der Waals surface area contributed by atoms with Crippen molar-refractivity contribution in [1.82, 2.24) is 4.98 Å². The zero-order valence-corrected chi connectivity index (χ0v) is 20.3. The minimum Gasteiger partial charge on any atom is -0.493 e. The van der Waals surface area contributed by atoms with Crippen LogP contribution in [0.15, 0.2) is 59.5 Å². The van der Waals surface area contributed by atoms with Crippen LogP contribution < -0.4 is 4.74 Å². The Morgan fingerprint density at radius 1 is 1.06 bits per heavy atom. The molecule has 36 heavy (non-hydrogen) atoms. The molecule has 0 aliphatic heterocycles. The Labute approximate surface area is 214 Å². The van der Waals surface area contributed by atoms with Gasteiger partial charge in [0.15, 0.2) is 17.1 Å². The molecule has 184 valence electrons. The Hall–Kier alpha value is -3.95. The fourth-order valence-corrected chi connectivity index (χ4v) is 4.25. The predicted molar refractivity (Wildman–Crippen MR) is 132 cm³/mol. The van der Waals surface area contributed by atoms with E-state index in [2.05, 4.69) is 4.98 Å². The van der Waals surface area contributed by atoms with Gasteiger partial charge in [-0.05, 0) is 18.2 Å². The normalized spacial score (nSPS) is 10.9. The summed E-state index contributed by atoms with van der Waals surface area (Å²) >= 11 is 12.4. The zero-order valence-electron chi connectivity index (χ0n) is 18.8. The van der Waals surface area contributed by atoms with E-state index in [1.165, 1.54) is 44.0 Å². The number of aromatic nitrogens is 1. The highest BCUT2D eigenvalue weighted by atomic mass is 35.5. The molecule has 4 aromatic rings. The Kier molecular flexibility index (Phi) is 7.52. The number of ketones is 1. The number of hydrogen-bond donors (Lipinski definition) is 0. The number of carbonyl (C=O) groups excluding carboxylic acids is 2. The van der Waals surface area contributed by atoms with Gasteiger partial charge in [0.25, 0.3) is 5.69 Å². The molecule has 2 heterocycles. The second-order valence-corrected chi connectivity index (χ2v) is 8.50. The van der Waals surface area contributed by atoms with Crippen molar-refractivity contribution in [1.29, 1.82) is 0 Å².